The van der Waals surface area contributed by atoms with Gasteiger partial charge in [-0.1, -0.05) is 19.1 Å². The number of benzene rings is 1. The number of aliphatic hydroxyl groups excluding tert-OH is 1. The maximum Gasteiger partial charge on any atom is 0.319 e. The Bertz CT molecular complexity index is 616. The molecule has 0 radical (unpaired) electrons. The predicted molar refractivity (Wildman–Crippen MR) is 90.1 cm³/mol. The highest BCUT2D eigenvalue weighted by molar-refractivity contribution is 7.13. The third-order valence-corrected chi connectivity index (χ3v) is 4.48. The van der Waals surface area contributed by atoms with Crippen LogP contribution in [0.1, 0.15) is 26.7 Å². The first-order valence-electron chi connectivity index (χ1n) is 7.26. The van der Waals surface area contributed by atoms with Crippen LogP contribution in [0.2, 0.25) is 0 Å². The number of aliphatic hydroxyl groups is 1. The first kappa shape index (κ1) is 16.5. The summed E-state index contributed by atoms with van der Waals surface area (Å²) in [4.78, 5) is 16.4. The number of carbonyl (C=O) groups excluding carboxylic acids is 1. The fourth-order valence-electron chi connectivity index (χ4n) is 2.11. The van der Waals surface area contributed by atoms with E-state index in [1.807, 2.05) is 43.5 Å². The molecule has 2 rings (SSSR count). The summed E-state index contributed by atoms with van der Waals surface area (Å²) >= 11 is 1.56. The normalized spacial score (nSPS) is 13.4. The van der Waals surface area contributed by atoms with Crippen molar-refractivity contribution >= 4 is 23.1 Å². The van der Waals surface area contributed by atoms with Gasteiger partial charge in [0.2, 0.25) is 0 Å². The summed E-state index contributed by atoms with van der Waals surface area (Å²) in [7, 11) is 0. The second-order valence-corrected chi connectivity index (χ2v) is 6.28. The Morgan fingerprint density at radius 1 is 1.45 bits per heavy atom. The van der Waals surface area contributed by atoms with Crippen LogP contribution in [0, 0.1) is 0 Å². The second kappa shape index (κ2) is 7.38. The number of carbonyl (C=O) groups is 1. The average molecular weight is 319 g/mol. The van der Waals surface area contributed by atoms with Crippen LogP contribution >= 0.6 is 11.3 Å². The molecule has 0 saturated heterocycles. The van der Waals surface area contributed by atoms with E-state index >= 15 is 0 Å². The van der Waals surface area contributed by atoms with Crippen molar-refractivity contribution in [3.8, 4) is 10.6 Å². The molecule has 0 aliphatic carbocycles. The van der Waals surface area contributed by atoms with Crippen molar-refractivity contribution in [3.05, 3.63) is 35.8 Å². The molecule has 1 unspecified atom stereocenters. The van der Waals surface area contributed by atoms with Crippen LogP contribution < -0.4 is 10.6 Å². The number of anilines is 1. The van der Waals surface area contributed by atoms with Gasteiger partial charge in [0.25, 0.3) is 0 Å². The highest BCUT2D eigenvalue weighted by atomic mass is 32.1. The molecule has 22 heavy (non-hydrogen) atoms. The summed E-state index contributed by atoms with van der Waals surface area (Å²) in [6.07, 6.45) is 3.03. The molecule has 0 spiro atoms. The van der Waals surface area contributed by atoms with Gasteiger partial charge in [-0.15, -0.1) is 11.3 Å². The molecule has 2 aromatic rings. The molecular formula is C16H21N3O2S. The van der Waals surface area contributed by atoms with Crippen LogP contribution in [0.25, 0.3) is 10.6 Å². The second-order valence-electron chi connectivity index (χ2n) is 5.39. The molecule has 1 atom stereocenters. The van der Waals surface area contributed by atoms with Crippen LogP contribution in [-0.4, -0.2) is 28.3 Å². The van der Waals surface area contributed by atoms with Crippen molar-refractivity contribution in [2.45, 2.75) is 32.2 Å². The van der Waals surface area contributed by atoms with Crippen molar-refractivity contribution in [1.29, 1.82) is 0 Å². The maximum atomic E-state index is 12.1. The molecule has 0 bridgehead atoms. The van der Waals surface area contributed by atoms with Crippen LogP contribution in [0.15, 0.2) is 35.8 Å². The van der Waals surface area contributed by atoms with Crippen molar-refractivity contribution < 1.29 is 9.90 Å². The van der Waals surface area contributed by atoms with Crippen molar-refractivity contribution in [2.24, 2.45) is 0 Å². The third-order valence-electron chi connectivity index (χ3n) is 3.66. The monoisotopic (exact) mass is 319 g/mol. The van der Waals surface area contributed by atoms with Crippen molar-refractivity contribution in [3.63, 3.8) is 0 Å². The van der Waals surface area contributed by atoms with Gasteiger partial charge in [-0.25, -0.2) is 9.78 Å². The molecule has 1 aromatic carbocycles. The van der Waals surface area contributed by atoms with Gasteiger partial charge < -0.3 is 15.7 Å². The fraction of sp³-hybridized carbons (Fsp3) is 0.375. The van der Waals surface area contributed by atoms with Gasteiger partial charge in [-0.3, -0.25) is 0 Å². The molecular weight excluding hydrogens is 298 g/mol. The number of nitrogens with zero attached hydrogens (tertiary/aromatic N) is 1. The summed E-state index contributed by atoms with van der Waals surface area (Å²) in [6, 6.07) is 7.32. The lowest BCUT2D eigenvalue weighted by atomic mass is 9.95. The molecule has 0 fully saturated rings. The minimum absolute atomic E-state index is 0.0458. The van der Waals surface area contributed by atoms with Crippen LogP contribution in [0.3, 0.4) is 0 Å². The van der Waals surface area contributed by atoms with Gasteiger partial charge in [-0.05, 0) is 31.9 Å². The summed E-state index contributed by atoms with van der Waals surface area (Å²) in [5, 5.41) is 17.7. The Balaban J connectivity index is 2.04. The van der Waals surface area contributed by atoms with Gasteiger partial charge in [0.15, 0.2) is 0 Å². The average Bonchev–Trinajstić information content (AvgIpc) is 3.02. The quantitative estimate of drug-likeness (QED) is 0.763. The number of amides is 2. The number of hydrogen-bond donors (Lipinski definition) is 3. The molecule has 0 saturated carbocycles. The lowest BCUT2D eigenvalue weighted by Crippen LogP contribution is -2.48. The van der Waals surface area contributed by atoms with Gasteiger partial charge in [0, 0.05) is 35.0 Å². The minimum atomic E-state index is -0.411. The molecule has 2 amide bonds. The van der Waals surface area contributed by atoms with E-state index < -0.39 is 5.54 Å². The largest absolute Gasteiger partial charge is 0.396 e. The van der Waals surface area contributed by atoms with Gasteiger partial charge >= 0.3 is 6.03 Å². The summed E-state index contributed by atoms with van der Waals surface area (Å²) < 4.78 is 0. The Kier molecular flexibility index (Phi) is 5.51. The van der Waals surface area contributed by atoms with E-state index in [4.69, 9.17) is 5.11 Å². The van der Waals surface area contributed by atoms with Gasteiger partial charge in [0.1, 0.15) is 5.01 Å². The van der Waals surface area contributed by atoms with E-state index in [9.17, 15) is 4.79 Å². The number of rotatable bonds is 6. The van der Waals surface area contributed by atoms with E-state index in [1.165, 1.54) is 0 Å². The standard InChI is InChI=1S/C16H21N3O2S/c1-3-16(2,7-9-20)19-15(21)18-13-6-4-5-12(11-13)14-17-8-10-22-14/h4-6,8,10-11,20H,3,7,9H2,1-2H3,(H2,18,19,21). The molecule has 0 aliphatic rings. The zero-order valence-corrected chi connectivity index (χ0v) is 13.6. The smallest absolute Gasteiger partial charge is 0.319 e. The molecule has 6 heteroatoms. The summed E-state index contributed by atoms with van der Waals surface area (Å²) in [5.74, 6) is 0. The Hall–Kier alpha value is -1.92. The number of nitrogens with one attached hydrogen (secondary N) is 2. The van der Waals surface area contributed by atoms with Gasteiger partial charge in [-0.2, -0.15) is 0 Å². The first-order valence-corrected chi connectivity index (χ1v) is 8.14. The highest BCUT2D eigenvalue weighted by Crippen LogP contribution is 2.24. The molecule has 118 valence electrons. The minimum Gasteiger partial charge on any atom is -0.396 e. The number of aromatic nitrogens is 1. The molecule has 1 heterocycles. The Morgan fingerprint density at radius 3 is 2.91 bits per heavy atom. The SMILES string of the molecule is CCC(C)(CCO)NC(=O)Nc1cccc(-c2nccs2)c1. The molecule has 3 N–H and O–H groups in total. The lowest BCUT2D eigenvalue weighted by molar-refractivity contribution is 0.208. The summed E-state index contributed by atoms with van der Waals surface area (Å²) in [5.41, 5.74) is 1.28. The van der Waals surface area contributed by atoms with E-state index in [2.05, 4.69) is 15.6 Å². The van der Waals surface area contributed by atoms with Gasteiger partial charge in [0.05, 0.1) is 0 Å². The van der Waals surface area contributed by atoms with Crippen molar-refractivity contribution in [1.82, 2.24) is 10.3 Å². The molecule has 1 aromatic heterocycles. The fourth-order valence-corrected chi connectivity index (χ4v) is 2.74. The molecule has 5 nitrogen and oxygen atoms in total. The highest BCUT2D eigenvalue weighted by Gasteiger charge is 2.23. The molecule has 0 aliphatic heterocycles. The van der Waals surface area contributed by atoms with Crippen LogP contribution in [0.4, 0.5) is 10.5 Å². The number of thiazole rings is 1. The van der Waals surface area contributed by atoms with E-state index in [0.717, 1.165) is 17.0 Å². The predicted octanol–water partition coefficient (Wildman–Crippen LogP) is 3.48. The van der Waals surface area contributed by atoms with Crippen molar-refractivity contribution in [2.75, 3.05) is 11.9 Å². The zero-order valence-electron chi connectivity index (χ0n) is 12.8. The Labute approximate surface area is 134 Å². The van der Waals surface area contributed by atoms with Crippen LogP contribution in [0.5, 0.6) is 0 Å². The third kappa shape index (κ3) is 4.29. The Morgan fingerprint density at radius 2 is 2.27 bits per heavy atom. The maximum absolute atomic E-state index is 12.1. The van der Waals surface area contributed by atoms with E-state index in [1.54, 1.807) is 17.5 Å². The number of hydrogen-bond acceptors (Lipinski definition) is 4. The van der Waals surface area contributed by atoms with E-state index in [-0.39, 0.29) is 12.6 Å². The topological polar surface area (TPSA) is 74.2 Å². The zero-order chi connectivity index (χ0) is 16.0. The summed E-state index contributed by atoms with van der Waals surface area (Å²) in [6.45, 7) is 3.96. The first-order chi connectivity index (χ1) is 10.6. The number of urea groups is 1. The van der Waals surface area contributed by atoms with E-state index in [0.29, 0.717) is 12.1 Å². The van der Waals surface area contributed by atoms with Crippen LogP contribution in [-0.2, 0) is 0 Å². The lowest BCUT2D eigenvalue weighted by Gasteiger charge is -2.29.